The molecule has 2 aliphatic heterocycles. The second-order valence-electron chi connectivity index (χ2n) is 8.40. The number of carbonyl (C=O) groups is 3. The minimum Gasteiger partial charge on any atom is -0.503 e. The normalized spacial score (nSPS) is 19.5. The third-order valence-electron chi connectivity index (χ3n) is 6.29. The van der Waals surface area contributed by atoms with Crippen LogP contribution >= 0.6 is 0 Å². The summed E-state index contributed by atoms with van der Waals surface area (Å²) in [6.45, 7) is 4.01. The van der Waals surface area contributed by atoms with Crippen LogP contribution in [0.2, 0.25) is 0 Å². The molecule has 1 spiro atoms. The number of benzene rings is 1. The van der Waals surface area contributed by atoms with Crippen LogP contribution in [-0.2, 0) is 21.7 Å². The van der Waals surface area contributed by atoms with Gasteiger partial charge in [0.2, 0.25) is 5.78 Å². The Morgan fingerprint density at radius 1 is 1.12 bits per heavy atom. The first kappa shape index (κ1) is 21.6. The summed E-state index contributed by atoms with van der Waals surface area (Å²) >= 11 is 0. The molecule has 0 fully saturated rings. The van der Waals surface area contributed by atoms with Gasteiger partial charge in [-0.3, -0.25) is 19.4 Å². The van der Waals surface area contributed by atoms with Crippen molar-refractivity contribution in [1.82, 2.24) is 9.88 Å². The Kier molecular flexibility index (Phi) is 5.08. The van der Waals surface area contributed by atoms with Crippen molar-refractivity contribution < 1.29 is 23.9 Å². The van der Waals surface area contributed by atoms with Gasteiger partial charge in [-0.25, -0.2) is 0 Å². The van der Waals surface area contributed by atoms with Crippen LogP contribution in [0.4, 0.5) is 5.69 Å². The van der Waals surface area contributed by atoms with Crippen molar-refractivity contribution in [1.29, 1.82) is 0 Å². The predicted octanol–water partition coefficient (Wildman–Crippen LogP) is 3.67. The topological polar surface area (TPSA) is 104 Å². The number of carbonyl (C=O) groups excluding carboxylic acids is 3. The second-order valence-corrected chi connectivity index (χ2v) is 8.40. The number of aryl methyl sites for hydroxylation is 1. The van der Waals surface area contributed by atoms with E-state index in [9.17, 15) is 19.5 Å². The van der Waals surface area contributed by atoms with E-state index in [0.717, 1.165) is 0 Å². The third-order valence-corrected chi connectivity index (χ3v) is 6.29. The molecule has 1 unspecified atom stereocenters. The van der Waals surface area contributed by atoms with Crippen LogP contribution in [0.15, 0.2) is 76.7 Å². The van der Waals surface area contributed by atoms with Gasteiger partial charge in [-0.2, -0.15) is 0 Å². The van der Waals surface area contributed by atoms with Crippen LogP contribution in [0, 0.1) is 6.92 Å². The van der Waals surface area contributed by atoms with Crippen LogP contribution in [0.5, 0.6) is 0 Å². The van der Waals surface area contributed by atoms with E-state index in [4.69, 9.17) is 4.42 Å². The van der Waals surface area contributed by atoms with Gasteiger partial charge in [-0.05, 0) is 43.2 Å². The summed E-state index contributed by atoms with van der Waals surface area (Å²) in [6, 6.07) is 13.7. The number of amides is 2. The van der Waals surface area contributed by atoms with Crippen LogP contribution < -0.4 is 4.90 Å². The van der Waals surface area contributed by atoms with Crippen molar-refractivity contribution in [3.63, 3.8) is 0 Å². The highest BCUT2D eigenvalue weighted by atomic mass is 16.3. The first-order valence-corrected chi connectivity index (χ1v) is 11.1. The Hall–Kier alpha value is -4.20. The van der Waals surface area contributed by atoms with Gasteiger partial charge in [0.15, 0.2) is 17.1 Å². The Morgan fingerprint density at radius 3 is 2.59 bits per heavy atom. The van der Waals surface area contributed by atoms with Crippen LogP contribution in [0.3, 0.4) is 0 Å². The molecule has 0 aliphatic carbocycles. The molecule has 4 heterocycles. The maximum atomic E-state index is 14.2. The SMILES string of the molecule is CCCN1C(=O)C2(C(C(=O)c3ccc(C)o3)=C(O)C(=O)N2Cc2cccnc2)c2ccccc21. The number of pyridine rings is 1. The van der Waals surface area contributed by atoms with Crippen LogP contribution in [-0.4, -0.2) is 39.1 Å². The number of ketones is 1. The molecule has 8 heteroatoms. The highest BCUT2D eigenvalue weighted by Crippen LogP contribution is 2.53. The van der Waals surface area contributed by atoms with E-state index < -0.39 is 28.9 Å². The van der Waals surface area contributed by atoms with Gasteiger partial charge in [0, 0.05) is 31.0 Å². The van der Waals surface area contributed by atoms with E-state index in [1.807, 2.05) is 6.92 Å². The third kappa shape index (κ3) is 2.91. The molecule has 5 rings (SSSR count). The number of fused-ring (bicyclic) bond motifs is 2. The lowest BCUT2D eigenvalue weighted by atomic mass is 9.81. The largest absolute Gasteiger partial charge is 0.503 e. The van der Waals surface area contributed by atoms with Crippen molar-refractivity contribution in [2.75, 3.05) is 11.4 Å². The zero-order valence-electron chi connectivity index (χ0n) is 18.8. The maximum Gasteiger partial charge on any atom is 0.290 e. The van der Waals surface area contributed by atoms with E-state index in [1.165, 1.54) is 11.0 Å². The highest BCUT2D eigenvalue weighted by Gasteiger charge is 2.65. The molecule has 2 aromatic heterocycles. The fourth-order valence-corrected chi connectivity index (χ4v) is 4.89. The number of para-hydroxylation sites is 1. The molecule has 1 atom stereocenters. The quantitative estimate of drug-likeness (QED) is 0.567. The van der Waals surface area contributed by atoms with Gasteiger partial charge in [-0.1, -0.05) is 31.2 Å². The molecule has 8 nitrogen and oxygen atoms in total. The molecule has 3 aromatic rings. The summed E-state index contributed by atoms with van der Waals surface area (Å²) in [7, 11) is 0. The summed E-state index contributed by atoms with van der Waals surface area (Å²) in [6.07, 6.45) is 3.86. The minimum atomic E-state index is -1.82. The molecule has 0 radical (unpaired) electrons. The molecule has 0 saturated heterocycles. The summed E-state index contributed by atoms with van der Waals surface area (Å²) in [4.78, 5) is 48.4. The van der Waals surface area contributed by atoms with E-state index in [-0.39, 0.29) is 17.9 Å². The summed E-state index contributed by atoms with van der Waals surface area (Å²) in [5.74, 6) is -2.24. The smallest absolute Gasteiger partial charge is 0.290 e. The van der Waals surface area contributed by atoms with Crippen molar-refractivity contribution in [3.8, 4) is 0 Å². The van der Waals surface area contributed by atoms with Crippen LogP contribution in [0.1, 0.15) is 40.8 Å². The molecule has 1 aromatic carbocycles. The number of anilines is 1. The molecule has 0 saturated carbocycles. The highest BCUT2D eigenvalue weighted by molar-refractivity contribution is 6.25. The molecule has 2 amide bonds. The number of Topliss-reactive ketones (excluding diaryl/α,β-unsaturated/α-hetero) is 1. The van der Waals surface area contributed by atoms with Gasteiger partial charge in [-0.15, -0.1) is 0 Å². The summed E-state index contributed by atoms with van der Waals surface area (Å²) < 4.78 is 5.54. The number of furan rings is 1. The number of aliphatic hydroxyl groups is 1. The first-order chi connectivity index (χ1) is 16.4. The predicted molar refractivity (Wildman–Crippen MR) is 123 cm³/mol. The average Bonchev–Trinajstić information content (AvgIpc) is 3.45. The molecule has 1 N–H and O–H groups in total. The molecule has 172 valence electrons. The zero-order chi connectivity index (χ0) is 24.0. The minimum absolute atomic E-state index is 0.0231. The fourth-order valence-electron chi connectivity index (χ4n) is 4.89. The zero-order valence-corrected chi connectivity index (χ0v) is 18.8. The van der Waals surface area contributed by atoms with E-state index in [1.54, 1.807) is 66.7 Å². The van der Waals surface area contributed by atoms with Crippen molar-refractivity contribution in [3.05, 3.63) is 94.9 Å². The van der Waals surface area contributed by atoms with Crippen molar-refractivity contribution in [2.24, 2.45) is 0 Å². The average molecular weight is 457 g/mol. The lowest BCUT2D eigenvalue weighted by molar-refractivity contribution is -0.140. The lowest BCUT2D eigenvalue weighted by Crippen LogP contribution is -2.53. The standard InChI is InChI=1S/C26H23N3O5/c1-3-13-28-19-9-5-4-8-18(19)26(25(28)33)21(22(30)20-11-10-16(2)34-20)23(31)24(32)29(26)15-17-7-6-12-27-14-17/h4-12,14,31H,3,13,15H2,1-2H3. The van der Waals surface area contributed by atoms with E-state index in [0.29, 0.717) is 35.5 Å². The Morgan fingerprint density at radius 2 is 1.91 bits per heavy atom. The summed E-state index contributed by atoms with van der Waals surface area (Å²) in [5, 5.41) is 11.1. The molecular weight excluding hydrogens is 434 g/mol. The molecule has 34 heavy (non-hydrogen) atoms. The van der Waals surface area contributed by atoms with Crippen molar-refractivity contribution >= 4 is 23.3 Å². The van der Waals surface area contributed by atoms with Gasteiger partial charge in [0.25, 0.3) is 11.8 Å². The van der Waals surface area contributed by atoms with Crippen molar-refractivity contribution in [2.45, 2.75) is 32.4 Å². The van der Waals surface area contributed by atoms with Gasteiger partial charge in [0.1, 0.15) is 5.76 Å². The number of aliphatic hydroxyl groups excluding tert-OH is 1. The number of aromatic nitrogens is 1. The van der Waals surface area contributed by atoms with Gasteiger partial charge < -0.3 is 19.3 Å². The molecule has 0 bridgehead atoms. The fraction of sp³-hybridized carbons (Fsp3) is 0.231. The Bertz CT molecular complexity index is 1340. The Labute approximate surface area is 196 Å². The number of hydrogen-bond donors (Lipinski definition) is 1. The Balaban J connectivity index is 1.77. The number of rotatable bonds is 6. The maximum absolute atomic E-state index is 14.2. The monoisotopic (exact) mass is 457 g/mol. The van der Waals surface area contributed by atoms with E-state index >= 15 is 0 Å². The van der Waals surface area contributed by atoms with Crippen LogP contribution in [0.25, 0.3) is 0 Å². The molecular formula is C26H23N3O5. The van der Waals surface area contributed by atoms with Gasteiger partial charge >= 0.3 is 0 Å². The van der Waals surface area contributed by atoms with Gasteiger partial charge in [0.05, 0.1) is 11.3 Å². The lowest BCUT2D eigenvalue weighted by Gasteiger charge is -2.35. The number of nitrogens with zero attached hydrogens (tertiary/aromatic N) is 3. The van der Waals surface area contributed by atoms with E-state index in [2.05, 4.69) is 4.98 Å². The molecule has 2 aliphatic rings. The summed E-state index contributed by atoms with van der Waals surface area (Å²) in [5.41, 5.74) is -0.368. The first-order valence-electron chi connectivity index (χ1n) is 11.1. The second kappa shape index (κ2) is 7.98. The number of hydrogen-bond acceptors (Lipinski definition) is 6.